The first-order valence-corrected chi connectivity index (χ1v) is 4.01. The minimum atomic E-state index is -2.89. The van der Waals surface area contributed by atoms with E-state index in [1.54, 1.807) is 6.07 Å². The van der Waals surface area contributed by atoms with Gasteiger partial charge in [-0.15, -0.1) is 0 Å². The zero-order chi connectivity index (χ0) is 11.4. The summed E-state index contributed by atoms with van der Waals surface area (Å²) in [6, 6.07) is 1.68. The number of rotatable bonds is 3. The molecule has 0 bridgehead atoms. The number of alkyl halides is 2. The molecule has 2 N–H and O–H groups in total. The van der Waals surface area contributed by atoms with Crippen molar-refractivity contribution < 1.29 is 13.6 Å². The summed E-state index contributed by atoms with van der Waals surface area (Å²) in [5.74, 6) is 0. The van der Waals surface area contributed by atoms with E-state index < -0.39 is 12.1 Å². The van der Waals surface area contributed by atoms with Crippen molar-refractivity contribution in [1.82, 2.24) is 4.98 Å². The molecule has 0 fully saturated rings. The summed E-state index contributed by atoms with van der Waals surface area (Å²) < 4.78 is 24.8. The Hall–Kier alpha value is -1.87. The van der Waals surface area contributed by atoms with Crippen LogP contribution >= 0.6 is 0 Å². The second kappa shape index (κ2) is 4.57. The number of nitrogens with zero attached hydrogens (tertiary/aromatic N) is 2. The quantitative estimate of drug-likeness (QED) is 0.761. The molecule has 0 radical (unpaired) electrons. The van der Waals surface area contributed by atoms with Crippen LogP contribution in [0.25, 0.3) is 0 Å². The largest absolute Gasteiger partial charge is 0.326 e. The number of nitrogens with two attached hydrogens (primary N) is 1. The van der Waals surface area contributed by atoms with E-state index >= 15 is 0 Å². The second-order valence-corrected chi connectivity index (χ2v) is 2.69. The molecule has 6 heteroatoms. The molecular weight excluding hydrogens is 204 g/mol. The molecular formula is C9H7F2N3O. The standard InChI is InChI=1S/C9H7F2N3O/c10-9(11)8-7(4-15)6(2-13)5(1-12)3-14-8/h3-4,9H,1,12H2. The smallest absolute Gasteiger partial charge is 0.281 e. The zero-order valence-electron chi connectivity index (χ0n) is 7.58. The van der Waals surface area contributed by atoms with Crippen LogP contribution in [0.4, 0.5) is 8.78 Å². The van der Waals surface area contributed by atoms with E-state index in [2.05, 4.69) is 4.98 Å². The number of halogens is 2. The highest BCUT2D eigenvalue weighted by atomic mass is 19.3. The van der Waals surface area contributed by atoms with Gasteiger partial charge >= 0.3 is 0 Å². The molecule has 0 aliphatic rings. The average molecular weight is 211 g/mol. The van der Waals surface area contributed by atoms with Gasteiger partial charge in [0.25, 0.3) is 6.43 Å². The van der Waals surface area contributed by atoms with Gasteiger partial charge in [0, 0.05) is 18.3 Å². The summed E-state index contributed by atoms with van der Waals surface area (Å²) in [5, 5.41) is 8.73. The third-order valence-electron chi connectivity index (χ3n) is 1.88. The van der Waals surface area contributed by atoms with Crippen molar-refractivity contribution in [2.75, 3.05) is 0 Å². The molecule has 0 unspecified atom stereocenters. The number of pyridine rings is 1. The number of aldehydes is 1. The lowest BCUT2D eigenvalue weighted by Crippen LogP contribution is -2.08. The van der Waals surface area contributed by atoms with E-state index in [0.29, 0.717) is 0 Å². The Morgan fingerprint density at radius 1 is 1.67 bits per heavy atom. The molecule has 0 aliphatic heterocycles. The molecule has 0 saturated carbocycles. The molecule has 1 heterocycles. The van der Waals surface area contributed by atoms with Gasteiger partial charge in [-0.2, -0.15) is 5.26 Å². The Kier molecular flexibility index (Phi) is 3.42. The number of hydrogen-bond acceptors (Lipinski definition) is 4. The Morgan fingerprint density at radius 3 is 2.73 bits per heavy atom. The van der Waals surface area contributed by atoms with Crippen LogP contribution < -0.4 is 5.73 Å². The summed E-state index contributed by atoms with van der Waals surface area (Å²) in [7, 11) is 0. The summed E-state index contributed by atoms with van der Waals surface area (Å²) in [5.41, 5.74) is 4.37. The maximum Gasteiger partial charge on any atom is 0.281 e. The highest BCUT2D eigenvalue weighted by Gasteiger charge is 2.19. The molecule has 0 aliphatic carbocycles. The molecule has 1 aromatic heterocycles. The Bertz CT molecular complexity index is 426. The molecule has 1 aromatic rings. The van der Waals surface area contributed by atoms with Crippen LogP contribution in [-0.4, -0.2) is 11.3 Å². The van der Waals surface area contributed by atoms with Crippen molar-refractivity contribution in [3.8, 4) is 6.07 Å². The number of carbonyl (C=O) groups is 1. The summed E-state index contributed by atoms with van der Waals surface area (Å²) >= 11 is 0. The van der Waals surface area contributed by atoms with E-state index in [-0.39, 0.29) is 29.5 Å². The fraction of sp³-hybridized carbons (Fsp3) is 0.222. The van der Waals surface area contributed by atoms with E-state index in [9.17, 15) is 13.6 Å². The Balaban J connectivity index is 3.50. The van der Waals surface area contributed by atoms with Crippen molar-refractivity contribution >= 4 is 6.29 Å². The monoisotopic (exact) mass is 211 g/mol. The van der Waals surface area contributed by atoms with Crippen LogP contribution in [0.2, 0.25) is 0 Å². The van der Waals surface area contributed by atoms with Crippen molar-refractivity contribution in [3.05, 3.63) is 28.6 Å². The van der Waals surface area contributed by atoms with Gasteiger partial charge in [0.1, 0.15) is 11.8 Å². The van der Waals surface area contributed by atoms with Gasteiger partial charge in [-0.3, -0.25) is 9.78 Å². The van der Waals surface area contributed by atoms with E-state index in [0.717, 1.165) is 6.20 Å². The average Bonchev–Trinajstić information content (AvgIpc) is 2.26. The van der Waals surface area contributed by atoms with Crippen molar-refractivity contribution in [2.24, 2.45) is 5.73 Å². The lowest BCUT2D eigenvalue weighted by molar-refractivity contribution is 0.110. The highest BCUT2D eigenvalue weighted by molar-refractivity contribution is 5.81. The molecule has 0 aromatic carbocycles. The van der Waals surface area contributed by atoms with Crippen molar-refractivity contribution in [2.45, 2.75) is 13.0 Å². The van der Waals surface area contributed by atoms with Crippen molar-refractivity contribution in [3.63, 3.8) is 0 Å². The van der Waals surface area contributed by atoms with Crippen LogP contribution in [-0.2, 0) is 6.54 Å². The molecule has 0 atom stereocenters. The molecule has 0 amide bonds. The Labute approximate surface area is 84.3 Å². The zero-order valence-corrected chi connectivity index (χ0v) is 7.58. The van der Waals surface area contributed by atoms with Crippen LogP contribution in [0, 0.1) is 11.3 Å². The van der Waals surface area contributed by atoms with Gasteiger partial charge in [-0.1, -0.05) is 0 Å². The van der Waals surface area contributed by atoms with Gasteiger partial charge in [-0.05, 0) is 0 Å². The topological polar surface area (TPSA) is 79.8 Å². The number of hydrogen-bond donors (Lipinski definition) is 1. The Morgan fingerprint density at radius 2 is 2.33 bits per heavy atom. The van der Waals surface area contributed by atoms with Crippen LogP contribution in [0.3, 0.4) is 0 Å². The fourth-order valence-corrected chi connectivity index (χ4v) is 1.16. The van der Waals surface area contributed by atoms with Gasteiger partial charge in [0.05, 0.1) is 11.1 Å². The minimum Gasteiger partial charge on any atom is -0.326 e. The molecule has 0 saturated heterocycles. The van der Waals surface area contributed by atoms with Gasteiger partial charge in [-0.25, -0.2) is 8.78 Å². The highest BCUT2D eigenvalue weighted by Crippen LogP contribution is 2.23. The first-order chi connectivity index (χ1) is 7.15. The lowest BCUT2D eigenvalue weighted by Gasteiger charge is -2.07. The third-order valence-corrected chi connectivity index (χ3v) is 1.88. The van der Waals surface area contributed by atoms with Gasteiger partial charge in [0.15, 0.2) is 6.29 Å². The minimum absolute atomic E-state index is 0.0275. The molecule has 0 spiro atoms. The maximum atomic E-state index is 12.4. The number of carbonyl (C=O) groups excluding carboxylic acids is 1. The number of nitriles is 1. The van der Waals surface area contributed by atoms with E-state index in [4.69, 9.17) is 11.0 Å². The van der Waals surface area contributed by atoms with Crippen molar-refractivity contribution in [1.29, 1.82) is 5.26 Å². The molecule has 15 heavy (non-hydrogen) atoms. The predicted octanol–water partition coefficient (Wildman–Crippen LogP) is 1.16. The normalized spacial score (nSPS) is 10.1. The third kappa shape index (κ3) is 1.97. The van der Waals surface area contributed by atoms with Gasteiger partial charge < -0.3 is 5.73 Å². The maximum absolute atomic E-state index is 12.4. The molecule has 1 rings (SSSR count). The van der Waals surface area contributed by atoms with Crippen LogP contribution in [0.1, 0.15) is 33.6 Å². The SMILES string of the molecule is N#Cc1c(CN)cnc(C(F)F)c1C=O. The first-order valence-electron chi connectivity index (χ1n) is 4.01. The van der Waals surface area contributed by atoms with Crippen LogP contribution in [0.15, 0.2) is 6.20 Å². The summed E-state index contributed by atoms with van der Waals surface area (Å²) in [4.78, 5) is 14.0. The number of aromatic nitrogens is 1. The summed E-state index contributed by atoms with van der Waals surface area (Å²) in [6.07, 6.45) is -1.59. The fourth-order valence-electron chi connectivity index (χ4n) is 1.16. The molecule has 4 nitrogen and oxygen atoms in total. The predicted molar refractivity (Wildman–Crippen MR) is 47.2 cm³/mol. The summed E-state index contributed by atoms with van der Waals surface area (Å²) in [6.45, 7) is -0.0275. The van der Waals surface area contributed by atoms with Gasteiger partial charge in [0.2, 0.25) is 0 Å². The first kappa shape index (κ1) is 11.2. The van der Waals surface area contributed by atoms with Crippen LogP contribution in [0.5, 0.6) is 0 Å². The van der Waals surface area contributed by atoms with E-state index in [1.807, 2.05) is 0 Å². The van der Waals surface area contributed by atoms with E-state index in [1.165, 1.54) is 0 Å². The molecule has 78 valence electrons. The second-order valence-electron chi connectivity index (χ2n) is 2.69. The lowest BCUT2D eigenvalue weighted by atomic mass is 10.0.